The molecule has 2 heterocycles. The minimum Gasteiger partial charge on any atom is -0.436 e. The Balaban J connectivity index is 2.05. The van der Waals surface area contributed by atoms with Crippen LogP contribution in [0.4, 0.5) is 0 Å². The number of nitrogens with zero attached hydrogens (tertiary/aromatic N) is 2. The average Bonchev–Trinajstić information content (AvgIpc) is 2.95. The molecule has 0 saturated carbocycles. The fraction of sp³-hybridized carbons (Fsp3) is 0.0833. The van der Waals surface area contributed by atoms with Crippen molar-refractivity contribution in [2.24, 2.45) is 0 Å². The zero-order valence-electron chi connectivity index (χ0n) is 9.44. The zero-order chi connectivity index (χ0) is 13.4. The Morgan fingerprint density at radius 3 is 3.00 bits per heavy atom. The predicted molar refractivity (Wildman–Crippen MR) is 82.2 cm³/mol. The molecule has 0 atom stereocenters. The van der Waals surface area contributed by atoms with Crippen LogP contribution in [-0.2, 0) is 5.33 Å². The molecule has 3 nitrogen and oxygen atoms in total. The quantitative estimate of drug-likeness (QED) is 0.572. The molecule has 0 bridgehead atoms. The van der Waals surface area contributed by atoms with Crippen molar-refractivity contribution in [3.8, 4) is 11.6 Å². The van der Waals surface area contributed by atoms with Crippen molar-refractivity contribution in [3.63, 3.8) is 0 Å². The molecular weight excluding hydrogens is 371 g/mol. The zero-order valence-corrected chi connectivity index (χ0v) is 13.4. The lowest BCUT2D eigenvalue weighted by Crippen LogP contribution is -1.91. The Morgan fingerprint density at radius 2 is 2.21 bits per heavy atom. The molecule has 1 aromatic carbocycles. The second kappa shape index (κ2) is 5.32. The number of aromatic nitrogens is 2. The van der Waals surface area contributed by atoms with Crippen molar-refractivity contribution >= 4 is 55.4 Å². The first-order valence-electron chi connectivity index (χ1n) is 5.33. The van der Waals surface area contributed by atoms with Crippen LogP contribution >= 0.6 is 50.5 Å². The fourth-order valence-corrected chi connectivity index (χ4v) is 3.25. The monoisotopic (exact) mass is 376 g/mol. The normalized spacial score (nSPS) is 11.1. The summed E-state index contributed by atoms with van der Waals surface area (Å²) in [5, 5.41) is 3.46. The Labute approximate surface area is 131 Å². The molecule has 0 unspecified atom stereocenters. The summed E-state index contributed by atoms with van der Waals surface area (Å²) in [6.07, 6.45) is 1.95. The van der Waals surface area contributed by atoms with E-state index in [9.17, 15) is 0 Å². The van der Waals surface area contributed by atoms with Gasteiger partial charge in [0.1, 0.15) is 10.8 Å². The largest absolute Gasteiger partial charge is 0.436 e. The summed E-state index contributed by atoms with van der Waals surface area (Å²) in [6.45, 7) is 0. The van der Waals surface area contributed by atoms with Crippen molar-refractivity contribution in [3.05, 3.63) is 45.5 Å². The lowest BCUT2D eigenvalue weighted by atomic mass is 10.3. The number of thiazole rings is 1. The molecule has 0 aliphatic rings. The van der Waals surface area contributed by atoms with E-state index >= 15 is 0 Å². The third kappa shape index (κ3) is 2.36. The third-order valence-electron chi connectivity index (χ3n) is 2.57. The SMILES string of the molecule is Clc1cccc(Oc2nc3sccn3c2CBr)c1Cl. The molecule has 0 fully saturated rings. The standard InChI is InChI=1S/C12H7BrCl2N2OS/c13-6-8-11(16-12-17(8)4-5-19-12)18-9-3-1-2-7(14)10(9)15/h1-5H,6H2. The molecule has 19 heavy (non-hydrogen) atoms. The summed E-state index contributed by atoms with van der Waals surface area (Å²) in [4.78, 5) is 5.31. The first-order chi connectivity index (χ1) is 9.20. The Morgan fingerprint density at radius 1 is 1.37 bits per heavy atom. The van der Waals surface area contributed by atoms with Gasteiger partial charge >= 0.3 is 0 Å². The van der Waals surface area contributed by atoms with E-state index in [4.69, 9.17) is 27.9 Å². The van der Waals surface area contributed by atoms with Crippen molar-refractivity contribution < 1.29 is 4.74 Å². The Hall–Kier alpha value is -0.750. The fourth-order valence-electron chi connectivity index (χ4n) is 1.68. The summed E-state index contributed by atoms with van der Waals surface area (Å²) in [6, 6.07) is 5.27. The molecule has 7 heteroatoms. The van der Waals surface area contributed by atoms with Gasteiger partial charge in [0.2, 0.25) is 5.88 Å². The molecule has 2 aromatic heterocycles. The van der Waals surface area contributed by atoms with Crippen LogP contribution in [0.25, 0.3) is 4.96 Å². The smallest absolute Gasteiger partial charge is 0.243 e. The number of rotatable bonds is 3. The van der Waals surface area contributed by atoms with Crippen molar-refractivity contribution in [1.29, 1.82) is 0 Å². The number of imidazole rings is 1. The highest BCUT2D eigenvalue weighted by Gasteiger charge is 2.16. The molecule has 3 aromatic rings. The van der Waals surface area contributed by atoms with Crippen molar-refractivity contribution in [1.82, 2.24) is 9.38 Å². The molecule has 0 aliphatic heterocycles. The van der Waals surface area contributed by atoms with Gasteiger partial charge in [-0.05, 0) is 12.1 Å². The van der Waals surface area contributed by atoms with Crippen molar-refractivity contribution in [2.45, 2.75) is 5.33 Å². The van der Waals surface area contributed by atoms with E-state index < -0.39 is 0 Å². The maximum absolute atomic E-state index is 6.11. The summed E-state index contributed by atoms with van der Waals surface area (Å²) < 4.78 is 7.76. The van der Waals surface area contributed by atoms with E-state index in [1.165, 1.54) is 0 Å². The molecule has 0 saturated heterocycles. The summed E-state index contributed by atoms with van der Waals surface area (Å²) in [5.41, 5.74) is 0.937. The Bertz CT molecular complexity index is 740. The highest BCUT2D eigenvalue weighted by molar-refractivity contribution is 9.08. The van der Waals surface area contributed by atoms with Gasteiger partial charge in [-0.1, -0.05) is 45.2 Å². The minimum absolute atomic E-state index is 0.390. The lowest BCUT2D eigenvalue weighted by Gasteiger charge is -2.07. The van der Waals surface area contributed by atoms with Crippen LogP contribution in [-0.4, -0.2) is 9.38 Å². The number of halogens is 3. The maximum Gasteiger partial charge on any atom is 0.243 e. The number of hydrogen-bond donors (Lipinski definition) is 0. The van der Waals surface area contributed by atoms with Crippen LogP contribution in [0.5, 0.6) is 11.6 Å². The van der Waals surface area contributed by atoms with Gasteiger partial charge in [0.15, 0.2) is 4.96 Å². The molecule has 98 valence electrons. The van der Waals surface area contributed by atoms with E-state index in [-0.39, 0.29) is 0 Å². The highest BCUT2D eigenvalue weighted by atomic mass is 79.9. The van der Waals surface area contributed by atoms with Gasteiger partial charge in [-0.15, -0.1) is 11.3 Å². The third-order valence-corrected chi connectivity index (χ3v) is 4.66. The first-order valence-corrected chi connectivity index (χ1v) is 8.08. The van der Waals surface area contributed by atoms with E-state index in [0.29, 0.717) is 27.0 Å². The number of benzene rings is 1. The first kappa shape index (κ1) is 13.2. The van der Waals surface area contributed by atoms with Gasteiger partial charge in [-0.25, -0.2) is 0 Å². The molecule has 0 aliphatic carbocycles. The van der Waals surface area contributed by atoms with Crippen LogP contribution in [0.1, 0.15) is 5.69 Å². The molecule has 0 spiro atoms. The van der Waals surface area contributed by atoms with E-state index in [1.807, 2.05) is 16.0 Å². The average molecular weight is 378 g/mol. The second-order valence-electron chi connectivity index (χ2n) is 3.71. The number of hydrogen-bond acceptors (Lipinski definition) is 3. The number of ether oxygens (including phenoxy) is 1. The molecule has 3 rings (SSSR count). The minimum atomic E-state index is 0.390. The molecule has 0 N–H and O–H groups in total. The summed E-state index contributed by atoms with van der Waals surface area (Å²) >= 11 is 17.1. The van der Waals surface area contributed by atoms with E-state index in [1.54, 1.807) is 29.5 Å². The lowest BCUT2D eigenvalue weighted by molar-refractivity contribution is 0.462. The molecule has 0 radical (unpaired) electrons. The Kier molecular flexibility index (Phi) is 3.71. The van der Waals surface area contributed by atoms with E-state index in [0.717, 1.165) is 10.7 Å². The van der Waals surface area contributed by atoms with Crippen LogP contribution in [0.2, 0.25) is 10.0 Å². The number of fused-ring (bicyclic) bond motifs is 1. The molecule has 0 amide bonds. The highest BCUT2D eigenvalue weighted by Crippen LogP contribution is 2.36. The van der Waals surface area contributed by atoms with E-state index in [2.05, 4.69) is 20.9 Å². The van der Waals surface area contributed by atoms with Gasteiger partial charge in [0.25, 0.3) is 0 Å². The second-order valence-corrected chi connectivity index (χ2v) is 5.93. The van der Waals surface area contributed by atoms with Crippen LogP contribution in [0, 0.1) is 0 Å². The van der Waals surface area contributed by atoms with Crippen LogP contribution in [0.3, 0.4) is 0 Å². The summed E-state index contributed by atoms with van der Waals surface area (Å²) in [5.74, 6) is 1.04. The van der Waals surface area contributed by atoms with Crippen molar-refractivity contribution in [2.75, 3.05) is 0 Å². The molecular formula is C12H7BrCl2N2OS. The van der Waals surface area contributed by atoms with Crippen LogP contribution < -0.4 is 4.74 Å². The maximum atomic E-state index is 6.11. The van der Waals surface area contributed by atoms with Gasteiger partial charge in [-0.2, -0.15) is 4.98 Å². The topological polar surface area (TPSA) is 26.5 Å². The van der Waals surface area contributed by atoms with Gasteiger partial charge in [-0.3, -0.25) is 4.40 Å². The van der Waals surface area contributed by atoms with Gasteiger partial charge in [0, 0.05) is 16.9 Å². The van der Waals surface area contributed by atoms with Crippen LogP contribution in [0.15, 0.2) is 29.8 Å². The predicted octanol–water partition coefficient (Wildman–Crippen LogP) is 5.39. The van der Waals surface area contributed by atoms with Gasteiger partial charge < -0.3 is 4.74 Å². The van der Waals surface area contributed by atoms with Gasteiger partial charge in [0.05, 0.1) is 10.7 Å². The number of alkyl halides is 1. The summed E-state index contributed by atoms with van der Waals surface area (Å²) in [7, 11) is 0.